The summed E-state index contributed by atoms with van der Waals surface area (Å²) in [5.41, 5.74) is 2.14. The van der Waals surface area contributed by atoms with Gasteiger partial charge >= 0.3 is 0 Å². The van der Waals surface area contributed by atoms with Crippen molar-refractivity contribution in [3.63, 3.8) is 0 Å². The largest absolute Gasteiger partial charge is 0.439 e. The molecule has 0 saturated carbocycles. The molecule has 0 amide bonds. The average Bonchev–Trinajstić information content (AvgIpc) is 2.50. The van der Waals surface area contributed by atoms with Crippen molar-refractivity contribution in [2.24, 2.45) is 0 Å². The Balaban J connectivity index is 2.09. The molecule has 4 heteroatoms. The molecule has 1 N–H and O–H groups in total. The number of nitrogens with zero attached hydrogens (tertiary/aromatic N) is 1. The third-order valence-electron chi connectivity index (χ3n) is 3.02. The summed E-state index contributed by atoms with van der Waals surface area (Å²) in [4.78, 5) is 4.33. The molecule has 0 radical (unpaired) electrons. The molecule has 2 rings (SSSR count). The van der Waals surface area contributed by atoms with E-state index in [1.807, 2.05) is 36.4 Å². The van der Waals surface area contributed by atoms with Gasteiger partial charge < -0.3 is 14.8 Å². The summed E-state index contributed by atoms with van der Waals surface area (Å²) in [5, 5.41) is 3.37. The Morgan fingerprint density at radius 3 is 2.90 bits per heavy atom. The van der Waals surface area contributed by atoms with Crippen molar-refractivity contribution in [2.75, 3.05) is 13.7 Å². The van der Waals surface area contributed by atoms with E-state index >= 15 is 0 Å². The maximum Gasteiger partial charge on any atom is 0.223 e. The molecule has 0 bridgehead atoms. The van der Waals surface area contributed by atoms with Gasteiger partial charge in [-0.05, 0) is 36.7 Å². The van der Waals surface area contributed by atoms with Gasteiger partial charge in [-0.1, -0.05) is 25.1 Å². The molecule has 0 aliphatic heterocycles. The number of pyridine rings is 1. The first kappa shape index (κ1) is 15.5. The Kier molecular flexibility index (Phi) is 6.19. The molecule has 2 aromatic rings. The lowest BCUT2D eigenvalue weighted by Crippen LogP contribution is -2.14. The molecule has 0 atom stereocenters. The summed E-state index contributed by atoms with van der Waals surface area (Å²) in [7, 11) is 1.68. The van der Waals surface area contributed by atoms with Crippen molar-refractivity contribution in [3.8, 4) is 11.6 Å². The highest BCUT2D eigenvalue weighted by molar-refractivity contribution is 5.34. The van der Waals surface area contributed by atoms with Gasteiger partial charge in [0.25, 0.3) is 0 Å². The number of nitrogens with one attached hydrogen (secondary N) is 1. The van der Waals surface area contributed by atoms with Crippen LogP contribution in [0.25, 0.3) is 0 Å². The Morgan fingerprint density at radius 1 is 1.19 bits per heavy atom. The monoisotopic (exact) mass is 286 g/mol. The number of methoxy groups -OCH3 is 1. The van der Waals surface area contributed by atoms with Crippen molar-refractivity contribution in [1.82, 2.24) is 10.3 Å². The van der Waals surface area contributed by atoms with Gasteiger partial charge in [-0.25, -0.2) is 4.98 Å². The second-order valence-corrected chi connectivity index (χ2v) is 4.83. The standard InChI is InChI=1S/C17H22N2O2/c1-3-9-18-12-15-7-5-10-19-17(15)21-16-8-4-6-14(11-16)13-20-2/h4-8,10-11,18H,3,9,12-13H2,1-2H3. The zero-order valence-corrected chi connectivity index (χ0v) is 12.6. The van der Waals surface area contributed by atoms with Crippen LogP contribution < -0.4 is 10.1 Å². The highest BCUT2D eigenvalue weighted by Crippen LogP contribution is 2.23. The highest BCUT2D eigenvalue weighted by Gasteiger charge is 2.06. The zero-order valence-electron chi connectivity index (χ0n) is 12.6. The lowest BCUT2D eigenvalue weighted by atomic mass is 10.2. The van der Waals surface area contributed by atoms with Crippen molar-refractivity contribution >= 4 is 0 Å². The SMILES string of the molecule is CCCNCc1cccnc1Oc1cccc(COC)c1. The van der Waals surface area contributed by atoms with Crippen LogP contribution >= 0.6 is 0 Å². The summed E-state index contributed by atoms with van der Waals surface area (Å²) >= 11 is 0. The van der Waals surface area contributed by atoms with E-state index in [1.54, 1.807) is 13.3 Å². The summed E-state index contributed by atoms with van der Waals surface area (Å²) in [5.74, 6) is 1.43. The first-order chi connectivity index (χ1) is 10.3. The normalized spacial score (nSPS) is 10.6. The van der Waals surface area contributed by atoms with Crippen LogP contribution in [0.3, 0.4) is 0 Å². The molecule has 112 valence electrons. The van der Waals surface area contributed by atoms with Gasteiger partial charge in [0.05, 0.1) is 6.61 Å². The van der Waals surface area contributed by atoms with Crippen LogP contribution in [0.5, 0.6) is 11.6 Å². The molecule has 0 saturated heterocycles. The van der Waals surface area contributed by atoms with Gasteiger partial charge in [0.15, 0.2) is 0 Å². The topological polar surface area (TPSA) is 43.4 Å². The van der Waals surface area contributed by atoms with Gasteiger partial charge in [0, 0.05) is 25.4 Å². The minimum Gasteiger partial charge on any atom is -0.439 e. The van der Waals surface area contributed by atoms with E-state index in [0.717, 1.165) is 36.4 Å². The molecule has 1 aromatic carbocycles. The lowest BCUT2D eigenvalue weighted by Gasteiger charge is -2.11. The molecule has 0 unspecified atom stereocenters. The van der Waals surface area contributed by atoms with E-state index in [4.69, 9.17) is 9.47 Å². The fraction of sp³-hybridized carbons (Fsp3) is 0.353. The van der Waals surface area contributed by atoms with E-state index in [2.05, 4.69) is 17.2 Å². The van der Waals surface area contributed by atoms with E-state index in [1.165, 1.54) is 0 Å². The highest BCUT2D eigenvalue weighted by atomic mass is 16.5. The van der Waals surface area contributed by atoms with Crippen molar-refractivity contribution in [1.29, 1.82) is 0 Å². The van der Waals surface area contributed by atoms with Crippen molar-refractivity contribution in [3.05, 3.63) is 53.7 Å². The summed E-state index contributed by atoms with van der Waals surface area (Å²) in [6.07, 6.45) is 2.85. The van der Waals surface area contributed by atoms with Gasteiger partial charge in [-0.15, -0.1) is 0 Å². The van der Waals surface area contributed by atoms with E-state index in [-0.39, 0.29) is 0 Å². The van der Waals surface area contributed by atoms with E-state index in [0.29, 0.717) is 12.5 Å². The van der Waals surface area contributed by atoms with Crippen molar-refractivity contribution < 1.29 is 9.47 Å². The van der Waals surface area contributed by atoms with Crippen molar-refractivity contribution in [2.45, 2.75) is 26.5 Å². The van der Waals surface area contributed by atoms with Crippen LogP contribution in [0, 0.1) is 0 Å². The minimum atomic E-state index is 0.574. The Bertz CT molecular complexity index is 558. The second-order valence-electron chi connectivity index (χ2n) is 4.83. The van der Waals surface area contributed by atoms with Crippen LogP contribution in [-0.4, -0.2) is 18.6 Å². The first-order valence-corrected chi connectivity index (χ1v) is 7.24. The molecule has 0 fully saturated rings. The predicted molar refractivity (Wildman–Crippen MR) is 83.5 cm³/mol. The third-order valence-corrected chi connectivity index (χ3v) is 3.02. The number of hydrogen-bond donors (Lipinski definition) is 1. The lowest BCUT2D eigenvalue weighted by molar-refractivity contribution is 0.184. The molecule has 1 heterocycles. The van der Waals surface area contributed by atoms with Gasteiger partial charge in [-0.3, -0.25) is 0 Å². The molecule has 21 heavy (non-hydrogen) atoms. The van der Waals surface area contributed by atoms with Crippen LogP contribution in [0.15, 0.2) is 42.6 Å². The number of ether oxygens (including phenoxy) is 2. The fourth-order valence-corrected chi connectivity index (χ4v) is 2.03. The fourth-order valence-electron chi connectivity index (χ4n) is 2.03. The quantitative estimate of drug-likeness (QED) is 0.754. The minimum absolute atomic E-state index is 0.574. The maximum atomic E-state index is 5.92. The maximum absolute atomic E-state index is 5.92. The van der Waals surface area contributed by atoms with Gasteiger partial charge in [0.2, 0.25) is 5.88 Å². The first-order valence-electron chi connectivity index (χ1n) is 7.24. The smallest absolute Gasteiger partial charge is 0.223 e. The Morgan fingerprint density at radius 2 is 2.10 bits per heavy atom. The number of benzene rings is 1. The van der Waals surface area contributed by atoms with E-state index < -0.39 is 0 Å². The Labute approximate surface area is 126 Å². The third kappa shape index (κ3) is 4.85. The number of aromatic nitrogens is 1. The number of rotatable bonds is 8. The Hall–Kier alpha value is -1.91. The zero-order chi connectivity index (χ0) is 14.9. The molecular formula is C17H22N2O2. The molecular weight excluding hydrogens is 264 g/mol. The summed E-state index contributed by atoms with van der Waals surface area (Å²) in [6, 6.07) is 11.8. The average molecular weight is 286 g/mol. The summed E-state index contributed by atoms with van der Waals surface area (Å²) < 4.78 is 11.1. The number of hydrogen-bond acceptors (Lipinski definition) is 4. The predicted octanol–water partition coefficient (Wildman–Crippen LogP) is 3.52. The van der Waals surface area contributed by atoms with Crippen LogP contribution in [0.4, 0.5) is 0 Å². The second kappa shape index (κ2) is 8.39. The summed E-state index contributed by atoms with van der Waals surface area (Å²) in [6.45, 7) is 4.46. The van der Waals surface area contributed by atoms with Gasteiger partial charge in [0.1, 0.15) is 5.75 Å². The van der Waals surface area contributed by atoms with Crippen LogP contribution in [-0.2, 0) is 17.9 Å². The molecule has 0 aliphatic rings. The molecule has 4 nitrogen and oxygen atoms in total. The van der Waals surface area contributed by atoms with Crippen LogP contribution in [0.1, 0.15) is 24.5 Å². The van der Waals surface area contributed by atoms with E-state index in [9.17, 15) is 0 Å². The molecule has 0 aliphatic carbocycles. The van der Waals surface area contributed by atoms with Gasteiger partial charge in [-0.2, -0.15) is 0 Å². The molecule has 0 spiro atoms. The molecule has 1 aromatic heterocycles. The van der Waals surface area contributed by atoms with Crippen LogP contribution in [0.2, 0.25) is 0 Å².